The van der Waals surface area contributed by atoms with Gasteiger partial charge >= 0.3 is 0 Å². The van der Waals surface area contributed by atoms with Gasteiger partial charge in [-0.2, -0.15) is 4.31 Å². The monoisotopic (exact) mass is 508 g/mol. The molecule has 174 valence electrons. The van der Waals surface area contributed by atoms with Crippen LogP contribution in [0.15, 0.2) is 52.7 Å². The Bertz CT molecular complexity index is 1260. The molecule has 0 amide bonds. The maximum Gasteiger partial charge on any atom is 0.289 e. The van der Waals surface area contributed by atoms with E-state index in [9.17, 15) is 18.5 Å². The maximum absolute atomic E-state index is 13.0. The molecule has 33 heavy (non-hydrogen) atoms. The first-order valence-electron chi connectivity index (χ1n) is 10.2. The minimum atomic E-state index is -3.87. The van der Waals surface area contributed by atoms with Gasteiger partial charge in [0, 0.05) is 43.2 Å². The van der Waals surface area contributed by atoms with E-state index in [1.54, 1.807) is 0 Å². The predicted octanol–water partition coefficient (Wildman–Crippen LogP) is 4.28. The molecule has 0 N–H and O–H groups in total. The van der Waals surface area contributed by atoms with Crippen LogP contribution in [-0.4, -0.2) is 55.4 Å². The Hall–Kier alpha value is -2.73. The number of nitro benzene ring substituents is 1. The highest BCUT2D eigenvalue weighted by molar-refractivity contribution is 7.89. The first-order chi connectivity index (χ1) is 15.8. The van der Waals surface area contributed by atoms with Crippen molar-refractivity contribution in [3.63, 3.8) is 0 Å². The molecule has 0 bridgehead atoms. The number of benzene rings is 2. The van der Waals surface area contributed by atoms with Crippen LogP contribution in [0.1, 0.15) is 6.92 Å². The molecule has 2 aromatic carbocycles. The molecule has 0 saturated carbocycles. The summed E-state index contributed by atoms with van der Waals surface area (Å²) >= 11 is 7.32. The minimum Gasteiger partial charge on any atom is -0.494 e. The molecule has 0 atom stereocenters. The van der Waals surface area contributed by atoms with Crippen molar-refractivity contribution in [2.45, 2.75) is 11.8 Å². The molecule has 0 aliphatic carbocycles. The van der Waals surface area contributed by atoms with Crippen LogP contribution in [0.4, 0.5) is 10.8 Å². The molecule has 4 rings (SSSR count). The van der Waals surface area contributed by atoms with Gasteiger partial charge in [-0.05, 0) is 43.3 Å². The predicted molar refractivity (Wildman–Crippen MR) is 128 cm³/mol. The van der Waals surface area contributed by atoms with Crippen molar-refractivity contribution in [3.05, 3.63) is 63.0 Å². The molecule has 2 heterocycles. The maximum atomic E-state index is 13.0. The highest BCUT2D eigenvalue weighted by Gasteiger charge is 2.31. The second-order valence-corrected chi connectivity index (χ2v) is 10.4. The summed E-state index contributed by atoms with van der Waals surface area (Å²) < 4.78 is 32.8. The number of rotatable bonds is 7. The van der Waals surface area contributed by atoms with Crippen molar-refractivity contribution in [2.75, 3.05) is 37.7 Å². The van der Waals surface area contributed by atoms with Gasteiger partial charge in [-0.15, -0.1) is 11.3 Å². The van der Waals surface area contributed by atoms with E-state index in [1.165, 1.54) is 27.8 Å². The summed E-state index contributed by atoms with van der Waals surface area (Å²) in [5.41, 5.74) is 1.40. The molecule has 3 aromatic rings. The van der Waals surface area contributed by atoms with Crippen molar-refractivity contribution in [1.82, 2.24) is 9.29 Å². The van der Waals surface area contributed by atoms with Gasteiger partial charge in [0.1, 0.15) is 10.8 Å². The van der Waals surface area contributed by atoms with Gasteiger partial charge in [-0.1, -0.05) is 11.6 Å². The number of hydrogen-bond donors (Lipinski definition) is 0. The first-order valence-corrected chi connectivity index (χ1v) is 12.9. The topological polar surface area (TPSA) is 106 Å². The van der Waals surface area contributed by atoms with Crippen LogP contribution < -0.4 is 9.64 Å². The lowest BCUT2D eigenvalue weighted by Gasteiger charge is -2.33. The standard InChI is InChI=1S/C21H21ClN4O5S2/c1-2-31-16-5-3-15(4-6-16)19-14-32-21(23-19)24-9-11-25(12-10-24)33(29,30)17-7-8-18(22)20(13-17)26(27)28/h3-8,13-14H,2,9-12H2,1H3. The zero-order chi connectivity index (χ0) is 23.6. The number of anilines is 1. The lowest BCUT2D eigenvalue weighted by atomic mass is 10.2. The highest BCUT2D eigenvalue weighted by atomic mass is 35.5. The molecular weight excluding hydrogens is 488 g/mol. The number of nitro groups is 1. The van der Waals surface area contributed by atoms with Gasteiger partial charge in [0.15, 0.2) is 5.13 Å². The molecule has 1 aliphatic rings. The van der Waals surface area contributed by atoms with Crippen LogP contribution in [0.25, 0.3) is 11.3 Å². The SMILES string of the molecule is CCOc1ccc(-c2csc(N3CCN(S(=O)(=O)c4ccc(Cl)c([N+](=O)[O-])c4)CC3)n2)cc1. The highest BCUT2D eigenvalue weighted by Crippen LogP contribution is 2.31. The lowest BCUT2D eigenvalue weighted by Crippen LogP contribution is -2.48. The Balaban J connectivity index is 1.44. The number of thiazole rings is 1. The Morgan fingerprint density at radius 1 is 1.15 bits per heavy atom. The molecule has 1 saturated heterocycles. The van der Waals surface area contributed by atoms with E-state index in [0.29, 0.717) is 19.7 Å². The first kappa shape index (κ1) is 23.4. The number of ether oxygens (including phenoxy) is 1. The van der Waals surface area contributed by atoms with E-state index >= 15 is 0 Å². The van der Waals surface area contributed by atoms with Crippen molar-refractivity contribution in [1.29, 1.82) is 0 Å². The molecule has 9 nitrogen and oxygen atoms in total. The van der Waals surface area contributed by atoms with E-state index in [2.05, 4.69) is 0 Å². The second kappa shape index (κ2) is 9.64. The summed E-state index contributed by atoms with van der Waals surface area (Å²) in [6, 6.07) is 11.3. The van der Waals surface area contributed by atoms with E-state index in [1.807, 2.05) is 41.5 Å². The number of hydrogen-bond acceptors (Lipinski definition) is 8. The minimum absolute atomic E-state index is 0.101. The molecule has 12 heteroatoms. The van der Waals surface area contributed by atoms with Crippen molar-refractivity contribution >= 4 is 43.8 Å². The molecule has 1 aromatic heterocycles. The Labute approximate surface area is 200 Å². The largest absolute Gasteiger partial charge is 0.494 e. The fraction of sp³-hybridized carbons (Fsp3) is 0.286. The average Bonchev–Trinajstić information content (AvgIpc) is 3.30. The molecule has 0 spiro atoms. The molecule has 0 radical (unpaired) electrons. The quantitative estimate of drug-likeness (QED) is 0.346. The van der Waals surface area contributed by atoms with Crippen LogP contribution in [0.3, 0.4) is 0 Å². The summed E-state index contributed by atoms with van der Waals surface area (Å²) in [6.45, 7) is 3.96. The van der Waals surface area contributed by atoms with Gasteiger partial charge < -0.3 is 9.64 Å². The summed E-state index contributed by atoms with van der Waals surface area (Å²) in [7, 11) is -3.87. The van der Waals surface area contributed by atoms with Gasteiger partial charge in [0.2, 0.25) is 10.0 Å². The Morgan fingerprint density at radius 2 is 1.85 bits per heavy atom. The fourth-order valence-electron chi connectivity index (χ4n) is 3.49. The fourth-order valence-corrected chi connectivity index (χ4v) is 6.01. The normalized spacial score (nSPS) is 14.9. The summed E-state index contributed by atoms with van der Waals surface area (Å²) in [4.78, 5) is 17.0. The number of nitrogens with zero attached hydrogens (tertiary/aromatic N) is 4. The van der Waals surface area contributed by atoms with Crippen LogP contribution in [0.2, 0.25) is 5.02 Å². The molecular formula is C21H21ClN4O5S2. The third-order valence-corrected chi connectivity index (χ3v) is 8.33. The number of piperazine rings is 1. The number of aromatic nitrogens is 1. The summed E-state index contributed by atoms with van der Waals surface area (Å²) in [5.74, 6) is 0.806. The summed E-state index contributed by atoms with van der Waals surface area (Å²) in [5, 5.41) is 13.8. The lowest BCUT2D eigenvalue weighted by molar-refractivity contribution is -0.384. The van der Waals surface area contributed by atoms with Gasteiger partial charge in [-0.25, -0.2) is 13.4 Å². The summed E-state index contributed by atoms with van der Waals surface area (Å²) in [6.07, 6.45) is 0. The molecule has 0 unspecified atom stereocenters. The zero-order valence-electron chi connectivity index (χ0n) is 17.7. The van der Waals surface area contributed by atoms with Crippen LogP contribution in [0.5, 0.6) is 5.75 Å². The van der Waals surface area contributed by atoms with E-state index < -0.39 is 20.6 Å². The Kier molecular flexibility index (Phi) is 6.84. The van der Waals surface area contributed by atoms with Gasteiger partial charge in [0.05, 0.1) is 22.1 Å². The Morgan fingerprint density at radius 3 is 2.48 bits per heavy atom. The molecule has 1 aliphatic heterocycles. The number of sulfonamides is 1. The van der Waals surface area contributed by atoms with Crippen molar-refractivity contribution < 1.29 is 18.1 Å². The third kappa shape index (κ3) is 4.96. The van der Waals surface area contributed by atoms with Crippen LogP contribution >= 0.6 is 22.9 Å². The van der Waals surface area contributed by atoms with Crippen LogP contribution in [-0.2, 0) is 10.0 Å². The van der Waals surface area contributed by atoms with E-state index in [4.69, 9.17) is 21.3 Å². The number of halogens is 1. The van der Waals surface area contributed by atoms with Gasteiger partial charge in [-0.3, -0.25) is 10.1 Å². The molecule has 1 fully saturated rings. The third-order valence-electron chi connectivity index (χ3n) is 5.21. The van der Waals surface area contributed by atoms with Gasteiger partial charge in [0.25, 0.3) is 5.69 Å². The second-order valence-electron chi connectivity index (χ2n) is 7.23. The van der Waals surface area contributed by atoms with Crippen molar-refractivity contribution in [2.24, 2.45) is 0 Å². The van der Waals surface area contributed by atoms with E-state index in [-0.39, 0.29) is 23.0 Å². The van der Waals surface area contributed by atoms with E-state index in [0.717, 1.165) is 28.2 Å². The average molecular weight is 509 g/mol. The zero-order valence-corrected chi connectivity index (χ0v) is 20.1. The van der Waals surface area contributed by atoms with Crippen LogP contribution in [0, 0.1) is 10.1 Å². The smallest absolute Gasteiger partial charge is 0.289 e. The van der Waals surface area contributed by atoms with Crippen molar-refractivity contribution in [3.8, 4) is 17.0 Å².